The first-order chi connectivity index (χ1) is 17.1. The van der Waals surface area contributed by atoms with Crippen molar-refractivity contribution in [3.63, 3.8) is 0 Å². The number of aromatic nitrogens is 2. The smallest absolute Gasteiger partial charge is 0.272 e. The van der Waals surface area contributed by atoms with Crippen LogP contribution in [0.3, 0.4) is 0 Å². The Kier molecular flexibility index (Phi) is 5.59. The van der Waals surface area contributed by atoms with E-state index in [1.54, 1.807) is 6.07 Å². The van der Waals surface area contributed by atoms with Crippen LogP contribution in [-0.4, -0.2) is 47.0 Å². The summed E-state index contributed by atoms with van der Waals surface area (Å²) in [7, 11) is 0. The molecule has 0 atom stereocenters. The van der Waals surface area contributed by atoms with Crippen LogP contribution >= 0.6 is 23.2 Å². The maximum absolute atomic E-state index is 13.6. The molecule has 0 radical (unpaired) electrons. The summed E-state index contributed by atoms with van der Waals surface area (Å²) in [6, 6.07) is 25.7. The first-order valence-corrected chi connectivity index (χ1v) is 12.3. The molecule has 1 aliphatic rings. The zero-order chi connectivity index (χ0) is 23.9. The number of para-hydroxylation sites is 1. The van der Waals surface area contributed by atoms with Gasteiger partial charge in [0, 0.05) is 48.0 Å². The summed E-state index contributed by atoms with van der Waals surface area (Å²) in [6.45, 7) is 2.51. The third kappa shape index (κ3) is 3.91. The highest BCUT2D eigenvalue weighted by atomic mass is 35.5. The van der Waals surface area contributed by atoms with Gasteiger partial charge in [-0.1, -0.05) is 77.8 Å². The predicted octanol–water partition coefficient (Wildman–Crippen LogP) is 6.65. The van der Waals surface area contributed by atoms with Crippen LogP contribution in [0.25, 0.3) is 33.1 Å². The van der Waals surface area contributed by atoms with Crippen LogP contribution in [-0.2, 0) is 0 Å². The highest BCUT2D eigenvalue weighted by molar-refractivity contribution is 6.43. The molecule has 6 rings (SSSR count). The minimum Gasteiger partial charge on any atom is -0.367 e. The summed E-state index contributed by atoms with van der Waals surface area (Å²) in [6.07, 6.45) is 0. The summed E-state index contributed by atoms with van der Waals surface area (Å²) in [5.41, 5.74) is 5.07. The van der Waals surface area contributed by atoms with Crippen molar-refractivity contribution in [1.82, 2.24) is 14.9 Å². The van der Waals surface area contributed by atoms with Gasteiger partial charge in [0.25, 0.3) is 5.91 Å². The maximum atomic E-state index is 13.6. The van der Waals surface area contributed by atoms with Gasteiger partial charge in [-0.05, 0) is 24.3 Å². The van der Waals surface area contributed by atoms with Crippen LogP contribution < -0.4 is 4.90 Å². The highest BCUT2D eigenvalue weighted by Gasteiger charge is 2.26. The fourth-order valence-electron chi connectivity index (χ4n) is 4.81. The number of H-pyrrole nitrogens is 1. The standard InChI is InChI=1S/C28H22Cl2N4O/c29-21-10-6-12-24(25(21)30)33-13-15-34(16-14-33)28(35)23-17-20-19-9-4-5-11-22(19)31-27(20)26(32-23)18-7-2-1-3-8-18/h1-12,17,31H,13-16H2. The summed E-state index contributed by atoms with van der Waals surface area (Å²) < 4.78 is 0. The number of aromatic amines is 1. The number of piperazine rings is 1. The van der Waals surface area contributed by atoms with Gasteiger partial charge < -0.3 is 14.8 Å². The Morgan fingerprint density at radius 1 is 0.829 bits per heavy atom. The van der Waals surface area contributed by atoms with Crippen LogP contribution in [0.5, 0.6) is 0 Å². The lowest BCUT2D eigenvalue weighted by atomic mass is 10.1. The number of fused-ring (bicyclic) bond motifs is 3. The third-order valence-electron chi connectivity index (χ3n) is 6.60. The Morgan fingerprint density at radius 2 is 1.57 bits per heavy atom. The predicted molar refractivity (Wildman–Crippen MR) is 144 cm³/mol. The molecule has 1 fully saturated rings. The van der Waals surface area contributed by atoms with Crippen molar-refractivity contribution < 1.29 is 4.79 Å². The van der Waals surface area contributed by atoms with E-state index in [-0.39, 0.29) is 5.91 Å². The zero-order valence-corrected chi connectivity index (χ0v) is 20.4. The Labute approximate surface area is 212 Å². The molecule has 5 nitrogen and oxygen atoms in total. The lowest BCUT2D eigenvalue weighted by Crippen LogP contribution is -2.49. The molecule has 0 aliphatic carbocycles. The number of pyridine rings is 1. The van der Waals surface area contributed by atoms with Gasteiger partial charge in [0.1, 0.15) is 5.69 Å². The van der Waals surface area contributed by atoms with E-state index in [2.05, 4.69) is 16.0 Å². The number of halogens is 2. The zero-order valence-electron chi connectivity index (χ0n) is 18.8. The van der Waals surface area contributed by atoms with Gasteiger partial charge in [0.05, 0.1) is 26.9 Å². The monoisotopic (exact) mass is 500 g/mol. The molecule has 1 amide bonds. The molecule has 1 saturated heterocycles. The number of rotatable bonds is 3. The largest absolute Gasteiger partial charge is 0.367 e. The van der Waals surface area contributed by atoms with E-state index >= 15 is 0 Å². The number of hydrogen-bond donors (Lipinski definition) is 1. The van der Waals surface area contributed by atoms with E-state index in [9.17, 15) is 4.79 Å². The van der Waals surface area contributed by atoms with Gasteiger partial charge in [-0.25, -0.2) is 4.98 Å². The van der Waals surface area contributed by atoms with Gasteiger partial charge in [-0.2, -0.15) is 0 Å². The van der Waals surface area contributed by atoms with Gasteiger partial charge in [-0.3, -0.25) is 4.79 Å². The molecule has 1 aliphatic heterocycles. The van der Waals surface area contributed by atoms with E-state index in [1.165, 1.54) is 0 Å². The molecule has 3 aromatic carbocycles. The van der Waals surface area contributed by atoms with Crippen LogP contribution in [0, 0.1) is 0 Å². The summed E-state index contributed by atoms with van der Waals surface area (Å²) in [5, 5.41) is 3.17. The molecule has 7 heteroatoms. The summed E-state index contributed by atoms with van der Waals surface area (Å²) in [5.74, 6) is -0.0637. The number of carbonyl (C=O) groups is 1. The van der Waals surface area contributed by atoms with E-state index in [1.807, 2.05) is 71.6 Å². The molecule has 3 heterocycles. The Bertz CT molecular complexity index is 1560. The number of hydrogen-bond acceptors (Lipinski definition) is 3. The second-order valence-electron chi connectivity index (χ2n) is 8.67. The van der Waals surface area contributed by atoms with Crippen LogP contribution in [0.15, 0.2) is 78.9 Å². The fraction of sp³-hybridized carbons (Fsp3) is 0.143. The van der Waals surface area contributed by atoms with E-state index in [0.717, 1.165) is 38.8 Å². The molecule has 2 aromatic heterocycles. The first-order valence-electron chi connectivity index (χ1n) is 11.6. The molecular formula is C28H22Cl2N4O. The summed E-state index contributed by atoms with van der Waals surface area (Å²) >= 11 is 12.6. The molecule has 0 saturated carbocycles. The van der Waals surface area contributed by atoms with Crippen molar-refractivity contribution in [2.75, 3.05) is 31.1 Å². The van der Waals surface area contributed by atoms with Crippen molar-refractivity contribution in [3.05, 3.63) is 94.6 Å². The van der Waals surface area contributed by atoms with Gasteiger partial charge in [-0.15, -0.1) is 0 Å². The maximum Gasteiger partial charge on any atom is 0.272 e. The van der Waals surface area contributed by atoms with Crippen molar-refractivity contribution in [2.24, 2.45) is 0 Å². The van der Waals surface area contributed by atoms with E-state index in [4.69, 9.17) is 28.2 Å². The molecule has 35 heavy (non-hydrogen) atoms. The molecule has 0 spiro atoms. The average molecular weight is 501 g/mol. The first kappa shape index (κ1) is 22.0. The number of nitrogens with zero attached hydrogens (tertiary/aromatic N) is 3. The lowest BCUT2D eigenvalue weighted by Gasteiger charge is -2.36. The van der Waals surface area contributed by atoms with E-state index < -0.39 is 0 Å². The minimum absolute atomic E-state index is 0.0637. The molecule has 0 bridgehead atoms. The van der Waals surface area contributed by atoms with Crippen molar-refractivity contribution >= 4 is 56.6 Å². The molecule has 174 valence electrons. The Morgan fingerprint density at radius 3 is 2.37 bits per heavy atom. The van der Waals surface area contributed by atoms with Crippen LogP contribution in [0.1, 0.15) is 10.5 Å². The number of amides is 1. The number of carbonyl (C=O) groups excluding carboxylic acids is 1. The Balaban J connectivity index is 1.35. The highest BCUT2D eigenvalue weighted by Crippen LogP contribution is 2.34. The SMILES string of the molecule is O=C(c1cc2c([nH]c3ccccc32)c(-c2ccccc2)n1)N1CCN(c2cccc(Cl)c2Cl)CC1. The van der Waals surface area contributed by atoms with Crippen molar-refractivity contribution in [2.45, 2.75) is 0 Å². The molecule has 0 unspecified atom stereocenters. The van der Waals surface area contributed by atoms with E-state index in [0.29, 0.717) is 41.9 Å². The van der Waals surface area contributed by atoms with Gasteiger partial charge >= 0.3 is 0 Å². The average Bonchev–Trinajstić information content (AvgIpc) is 3.29. The fourth-order valence-corrected chi connectivity index (χ4v) is 5.22. The Hall–Kier alpha value is -3.54. The van der Waals surface area contributed by atoms with Crippen molar-refractivity contribution in [1.29, 1.82) is 0 Å². The third-order valence-corrected chi connectivity index (χ3v) is 7.41. The molecule has 1 N–H and O–H groups in total. The number of benzene rings is 3. The molecular weight excluding hydrogens is 479 g/mol. The topological polar surface area (TPSA) is 52.2 Å². The van der Waals surface area contributed by atoms with Gasteiger partial charge in [0.15, 0.2) is 0 Å². The minimum atomic E-state index is -0.0637. The lowest BCUT2D eigenvalue weighted by molar-refractivity contribution is 0.0741. The molecule has 5 aromatic rings. The number of anilines is 1. The van der Waals surface area contributed by atoms with Gasteiger partial charge in [0.2, 0.25) is 0 Å². The quantitative estimate of drug-likeness (QED) is 0.301. The van der Waals surface area contributed by atoms with Crippen molar-refractivity contribution in [3.8, 4) is 11.3 Å². The number of nitrogens with one attached hydrogen (secondary N) is 1. The van der Waals surface area contributed by atoms with Crippen LogP contribution in [0.4, 0.5) is 5.69 Å². The van der Waals surface area contributed by atoms with Crippen LogP contribution in [0.2, 0.25) is 10.0 Å². The summed E-state index contributed by atoms with van der Waals surface area (Å²) in [4.78, 5) is 26.1. The second-order valence-corrected chi connectivity index (χ2v) is 9.45. The second kappa shape index (κ2) is 8.91. The normalized spacial score (nSPS) is 14.1.